The number of anilines is 1. The number of carbonyl (C=O) groups excluding carboxylic acids is 1. The van der Waals surface area contributed by atoms with Crippen molar-refractivity contribution in [2.24, 2.45) is 0 Å². The van der Waals surface area contributed by atoms with Crippen LogP contribution >= 0.6 is 0 Å². The first-order valence-electron chi connectivity index (χ1n) is 8.59. The van der Waals surface area contributed by atoms with Gasteiger partial charge in [0.15, 0.2) is 0 Å². The summed E-state index contributed by atoms with van der Waals surface area (Å²) >= 11 is 0. The molecule has 0 radical (unpaired) electrons. The van der Waals surface area contributed by atoms with E-state index in [0.717, 1.165) is 18.7 Å². The Balaban J connectivity index is 1.73. The number of carbonyl (C=O) groups is 1. The summed E-state index contributed by atoms with van der Waals surface area (Å²) in [7, 11) is 0. The second-order valence-electron chi connectivity index (χ2n) is 6.25. The van der Waals surface area contributed by atoms with E-state index in [0.29, 0.717) is 12.3 Å². The molecule has 2 N–H and O–H groups in total. The molecular weight excluding hydrogens is 288 g/mol. The van der Waals surface area contributed by atoms with Crippen LogP contribution in [0.15, 0.2) is 35.9 Å². The second-order valence-corrected chi connectivity index (χ2v) is 6.25. The van der Waals surface area contributed by atoms with Gasteiger partial charge >= 0.3 is 0 Å². The van der Waals surface area contributed by atoms with Crippen molar-refractivity contribution in [3.05, 3.63) is 35.9 Å². The van der Waals surface area contributed by atoms with Gasteiger partial charge in [-0.1, -0.05) is 23.8 Å². The Morgan fingerprint density at radius 3 is 2.83 bits per heavy atom. The van der Waals surface area contributed by atoms with Crippen LogP contribution in [-0.2, 0) is 4.79 Å². The van der Waals surface area contributed by atoms with Gasteiger partial charge in [-0.15, -0.1) is 0 Å². The standard InChI is InChI=1S/C19H28N2O2/c1-15(2)23-18-11-7-6-10-17(18)21-19(22)14-20-13-12-16-8-4-3-5-9-16/h6-8,10-11,15,20H,3-5,9,12-14H2,1-2H3,(H,21,22). The minimum atomic E-state index is -0.0394. The number of rotatable bonds is 8. The summed E-state index contributed by atoms with van der Waals surface area (Å²) in [5.41, 5.74) is 2.25. The highest BCUT2D eigenvalue weighted by molar-refractivity contribution is 5.93. The summed E-state index contributed by atoms with van der Waals surface area (Å²) in [6.07, 6.45) is 8.52. The van der Waals surface area contributed by atoms with Crippen LogP contribution < -0.4 is 15.4 Å². The van der Waals surface area contributed by atoms with E-state index in [4.69, 9.17) is 4.74 Å². The molecule has 1 aliphatic carbocycles. The Labute approximate surface area is 139 Å². The van der Waals surface area contributed by atoms with Gasteiger partial charge in [-0.3, -0.25) is 4.79 Å². The van der Waals surface area contributed by atoms with E-state index >= 15 is 0 Å². The minimum Gasteiger partial charge on any atom is -0.489 e. The van der Waals surface area contributed by atoms with Gasteiger partial charge in [-0.2, -0.15) is 0 Å². The van der Waals surface area contributed by atoms with Crippen LogP contribution in [0, 0.1) is 0 Å². The summed E-state index contributed by atoms with van der Waals surface area (Å²) < 4.78 is 5.71. The van der Waals surface area contributed by atoms with Crippen molar-refractivity contribution < 1.29 is 9.53 Å². The van der Waals surface area contributed by atoms with Crippen molar-refractivity contribution in [3.63, 3.8) is 0 Å². The number of amides is 1. The SMILES string of the molecule is CC(C)Oc1ccccc1NC(=O)CNCCC1=CCCCC1. The van der Waals surface area contributed by atoms with Gasteiger partial charge in [0.2, 0.25) is 5.91 Å². The smallest absolute Gasteiger partial charge is 0.238 e. The van der Waals surface area contributed by atoms with E-state index in [1.807, 2.05) is 38.1 Å². The van der Waals surface area contributed by atoms with E-state index in [-0.39, 0.29) is 12.0 Å². The monoisotopic (exact) mass is 316 g/mol. The van der Waals surface area contributed by atoms with Crippen molar-refractivity contribution in [2.45, 2.75) is 52.1 Å². The molecule has 0 spiro atoms. The second kappa shape index (κ2) is 9.36. The molecule has 4 heteroatoms. The molecule has 0 aliphatic heterocycles. The number of hydrogen-bond acceptors (Lipinski definition) is 3. The third kappa shape index (κ3) is 6.45. The van der Waals surface area contributed by atoms with E-state index in [1.165, 1.54) is 31.3 Å². The predicted molar refractivity (Wildman–Crippen MR) is 94.9 cm³/mol. The quantitative estimate of drug-likeness (QED) is 0.565. The van der Waals surface area contributed by atoms with E-state index < -0.39 is 0 Å². The minimum absolute atomic E-state index is 0.0394. The lowest BCUT2D eigenvalue weighted by Crippen LogP contribution is -2.29. The first kappa shape index (κ1) is 17.5. The molecule has 0 atom stereocenters. The molecule has 126 valence electrons. The van der Waals surface area contributed by atoms with Gasteiger partial charge in [-0.25, -0.2) is 0 Å². The van der Waals surface area contributed by atoms with Crippen molar-refractivity contribution in [3.8, 4) is 5.75 Å². The molecule has 0 unspecified atom stereocenters. The maximum absolute atomic E-state index is 12.1. The highest BCUT2D eigenvalue weighted by Gasteiger charge is 2.09. The molecule has 23 heavy (non-hydrogen) atoms. The number of allylic oxidation sites excluding steroid dienone is 1. The maximum Gasteiger partial charge on any atom is 0.238 e. The highest BCUT2D eigenvalue weighted by atomic mass is 16.5. The maximum atomic E-state index is 12.1. The average molecular weight is 316 g/mol. The van der Waals surface area contributed by atoms with Gasteiger partial charge in [0.1, 0.15) is 5.75 Å². The van der Waals surface area contributed by atoms with Crippen LogP contribution in [0.3, 0.4) is 0 Å². The highest BCUT2D eigenvalue weighted by Crippen LogP contribution is 2.24. The van der Waals surface area contributed by atoms with Gasteiger partial charge in [0.05, 0.1) is 18.3 Å². The topological polar surface area (TPSA) is 50.4 Å². The fraction of sp³-hybridized carbons (Fsp3) is 0.526. The van der Waals surface area contributed by atoms with Gasteiger partial charge in [0, 0.05) is 0 Å². The van der Waals surface area contributed by atoms with E-state index in [2.05, 4.69) is 16.7 Å². The Kier molecular flexibility index (Phi) is 7.14. The van der Waals surface area contributed by atoms with Crippen LogP contribution in [0.25, 0.3) is 0 Å². The van der Waals surface area contributed by atoms with Crippen molar-refractivity contribution >= 4 is 11.6 Å². The molecule has 0 heterocycles. The molecular formula is C19H28N2O2. The van der Waals surface area contributed by atoms with Crippen LogP contribution in [0.2, 0.25) is 0 Å². The third-order valence-corrected chi connectivity index (χ3v) is 3.82. The lowest BCUT2D eigenvalue weighted by molar-refractivity contribution is -0.115. The zero-order valence-corrected chi connectivity index (χ0v) is 14.2. The molecule has 0 saturated carbocycles. The molecule has 0 bridgehead atoms. The summed E-state index contributed by atoms with van der Waals surface area (Å²) in [5.74, 6) is 0.672. The largest absolute Gasteiger partial charge is 0.489 e. The molecule has 0 saturated heterocycles. The fourth-order valence-corrected chi connectivity index (χ4v) is 2.70. The van der Waals surface area contributed by atoms with E-state index in [1.54, 1.807) is 0 Å². The number of hydrogen-bond donors (Lipinski definition) is 2. The first-order chi connectivity index (χ1) is 11.1. The molecule has 0 aromatic heterocycles. The van der Waals surface area contributed by atoms with Crippen LogP contribution in [0.5, 0.6) is 5.75 Å². The number of nitrogens with one attached hydrogen (secondary N) is 2. The van der Waals surface area contributed by atoms with Crippen LogP contribution in [0.4, 0.5) is 5.69 Å². The zero-order valence-electron chi connectivity index (χ0n) is 14.2. The van der Waals surface area contributed by atoms with E-state index in [9.17, 15) is 4.79 Å². The summed E-state index contributed by atoms with van der Waals surface area (Å²) in [6, 6.07) is 7.54. The number of para-hydroxylation sites is 2. The molecule has 1 amide bonds. The zero-order chi connectivity index (χ0) is 16.5. The molecule has 4 nitrogen and oxygen atoms in total. The molecule has 1 aromatic rings. The summed E-state index contributed by atoms with van der Waals surface area (Å²) in [6.45, 7) is 5.12. The van der Waals surface area contributed by atoms with Crippen LogP contribution in [0.1, 0.15) is 46.0 Å². The molecule has 0 fully saturated rings. The molecule has 2 rings (SSSR count). The van der Waals surface area contributed by atoms with Crippen molar-refractivity contribution in [2.75, 3.05) is 18.4 Å². The summed E-state index contributed by atoms with van der Waals surface area (Å²) in [4.78, 5) is 12.1. The normalized spacial score (nSPS) is 14.5. The molecule has 1 aliphatic rings. The fourth-order valence-electron chi connectivity index (χ4n) is 2.70. The lowest BCUT2D eigenvalue weighted by Gasteiger charge is -2.15. The van der Waals surface area contributed by atoms with Gasteiger partial charge < -0.3 is 15.4 Å². The Hall–Kier alpha value is -1.81. The Morgan fingerprint density at radius 1 is 1.26 bits per heavy atom. The van der Waals surface area contributed by atoms with Crippen LogP contribution in [-0.4, -0.2) is 25.1 Å². The first-order valence-corrected chi connectivity index (χ1v) is 8.59. The number of ether oxygens (including phenoxy) is 1. The predicted octanol–water partition coefficient (Wildman–Crippen LogP) is 3.89. The number of benzene rings is 1. The van der Waals surface area contributed by atoms with Crippen molar-refractivity contribution in [1.82, 2.24) is 5.32 Å². The van der Waals surface area contributed by atoms with Gasteiger partial charge in [-0.05, 0) is 64.6 Å². The Bertz CT molecular complexity index is 538. The lowest BCUT2D eigenvalue weighted by atomic mass is 9.97. The Morgan fingerprint density at radius 2 is 2.09 bits per heavy atom. The van der Waals surface area contributed by atoms with Gasteiger partial charge in [0.25, 0.3) is 0 Å². The third-order valence-electron chi connectivity index (χ3n) is 3.82. The average Bonchev–Trinajstić information content (AvgIpc) is 2.54. The summed E-state index contributed by atoms with van der Waals surface area (Å²) in [5, 5.41) is 6.13. The van der Waals surface area contributed by atoms with Crippen molar-refractivity contribution in [1.29, 1.82) is 0 Å². The molecule has 1 aromatic carbocycles.